The first-order valence-electron chi connectivity index (χ1n) is 9.96. The van der Waals surface area contributed by atoms with E-state index in [9.17, 15) is 4.79 Å². The van der Waals surface area contributed by atoms with Gasteiger partial charge in [-0.25, -0.2) is 4.98 Å². The average molecular weight is 374 g/mol. The lowest BCUT2D eigenvalue weighted by molar-refractivity contribution is -0.125. The van der Waals surface area contributed by atoms with Crippen LogP contribution in [-0.4, -0.2) is 65.2 Å². The topological polar surface area (TPSA) is 87.4 Å². The number of hydrogen-bond acceptors (Lipinski definition) is 7. The van der Waals surface area contributed by atoms with Crippen molar-refractivity contribution in [2.45, 2.75) is 40.0 Å². The lowest BCUT2D eigenvalue weighted by atomic mass is 9.97. The minimum Gasteiger partial charge on any atom is -0.356 e. The van der Waals surface area contributed by atoms with E-state index < -0.39 is 0 Å². The standard InChI is InChI=1S/C19H30N6O2/c1-4-24(5-2)10-7-9-20-18(26)15-8-6-11-25(12-15)17-16-14(3)23-27-19(16)22-13-21-17/h13,15H,4-12H2,1-3H3,(H,20,26)/t15-/m0/s1. The van der Waals surface area contributed by atoms with Crippen LogP contribution >= 0.6 is 0 Å². The zero-order valence-electron chi connectivity index (χ0n) is 16.6. The van der Waals surface area contributed by atoms with Crippen LogP contribution in [-0.2, 0) is 4.79 Å². The van der Waals surface area contributed by atoms with Crippen molar-refractivity contribution in [2.75, 3.05) is 44.2 Å². The zero-order valence-corrected chi connectivity index (χ0v) is 16.6. The van der Waals surface area contributed by atoms with E-state index in [0.29, 0.717) is 12.3 Å². The van der Waals surface area contributed by atoms with Gasteiger partial charge in [0.2, 0.25) is 5.91 Å². The van der Waals surface area contributed by atoms with Crippen molar-refractivity contribution < 1.29 is 9.32 Å². The van der Waals surface area contributed by atoms with Crippen molar-refractivity contribution in [1.29, 1.82) is 0 Å². The molecule has 0 bridgehead atoms. The number of rotatable bonds is 8. The van der Waals surface area contributed by atoms with E-state index in [1.54, 1.807) is 0 Å². The van der Waals surface area contributed by atoms with Crippen LogP contribution < -0.4 is 10.2 Å². The van der Waals surface area contributed by atoms with Crippen LogP contribution in [0.3, 0.4) is 0 Å². The fourth-order valence-corrected chi connectivity index (χ4v) is 3.73. The summed E-state index contributed by atoms with van der Waals surface area (Å²) in [6, 6.07) is 0. The second-order valence-electron chi connectivity index (χ2n) is 7.10. The Hall–Kier alpha value is -2.22. The first-order chi connectivity index (χ1) is 13.1. The van der Waals surface area contributed by atoms with Crippen LogP contribution in [0.5, 0.6) is 0 Å². The molecule has 8 nitrogen and oxygen atoms in total. The average Bonchev–Trinajstić information content (AvgIpc) is 3.09. The summed E-state index contributed by atoms with van der Waals surface area (Å²) in [7, 11) is 0. The Morgan fingerprint density at radius 2 is 2.19 bits per heavy atom. The maximum atomic E-state index is 12.6. The summed E-state index contributed by atoms with van der Waals surface area (Å²) in [4.78, 5) is 25.7. The monoisotopic (exact) mass is 374 g/mol. The minimum atomic E-state index is -0.0163. The molecule has 1 aliphatic rings. The van der Waals surface area contributed by atoms with E-state index in [2.05, 4.69) is 44.1 Å². The van der Waals surface area contributed by atoms with Crippen molar-refractivity contribution >= 4 is 22.8 Å². The first-order valence-corrected chi connectivity index (χ1v) is 9.96. The second kappa shape index (κ2) is 9.12. The lowest BCUT2D eigenvalue weighted by Gasteiger charge is -2.33. The summed E-state index contributed by atoms with van der Waals surface area (Å²) in [5, 5.41) is 7.96. The predicted octanol–water partition coefficient (Wildman–Crippen LogP) is 1.99. The van der Waals surface area contributed by atoms with Gasteiger partial charge in [0.1, 0.15) is 17.5 Å². The highest BCUT2D eigenvalue weighted by atomic mass is 16.5. The van der Waals surface area contributed by atoms with Crippen LogP contribution in [0.25, 0.3) is 11.1 Å². The van der Waals surface area contributed by atoms with Crippen LogP contribution in [0.1, 0.15) is 38.8 Å². The molecule has 0 spiro atoms. The Kier molecular flexibility index (Phi) is 6.60. The number of aromatic nitrogens is 3. The molecule has 8 heteroatoms. The van der Waals surface area contributed by atoms with Gasteiger partial charge >= 0.3 is 0 Å². The molecule has 1 atom stereocenters. The highest BCUT2D eigenvalue weighted by Crippen LogP contribution is 2.29. The van der Waals surface area contributed by atoms with E-state index in [4.69, 9.17) is 4.52 Å². The minimum absolute atomic E-state index is 0.0163. The SMILES string of the molecule is CCN(CC)CCCNC(=O)[C@H]1CCCN(c2ncnc3onc(C)c23)C1. The number of piperidine rings is 1. The molecule has 1 fully saturated rings. The van der Waals surface area contributed by atoms with Crippen molar-refractivity contribution in [1.82, 2.24) is 25.3 Å². The van der Waals surface area contributed by atoms with Gasteiger partial charge in [-0.15, -0.1) is 0 Å². The largest absolute Gasteiger partial charge is 0.356 e. The third-order valence-corrected chi connectivity index (χ3v) is 5.36. The van der Waals surface area contributed by atoms with Gasteiger partial charge in [0.05, 0.1) is 11.6 Å². The van der Waals surface area contributed by atoms with Gasteiger partial charge in [0, 0.05) is 19.6 Å². The smallest absolute Gasteiger partial charge is 0.263 e. The summed E-state index contributed by atoms with van der Waals surface area (Å²) in [6.07, 6.45) is 4.36. The molecule has 27 heavy (non-hydrogen) atoms. The molecule has 0 unspecified atom stereocenters. The normalized spacial score (nSPS) is 17.6. The Morgan fingerprint density at radius 1 is 1.37 bits per heavy atom. The zero-order chi connectivity index (χ0) is 19.2. The molecule has 0 radical (unpaired) electrons. The third kappa shape index (κ3) is 4.55. The molecule has 3 heterocycles. The Morgan fingerprint density at radius 3 is 2.96 bits per heavy atom. The summed E-state index contributed by atoms with van der Waals surface area (Å²) in [5.74, 6) is 0.946. The number of aryl methyl sites for hydroxylation is 1. The summed E-state index contributed by atoms with van der Waals surface area (Å²) in [5.41, 5.74) is 1.28. The van der Waals surface area contributed by atoms with Gasteiger partial charge in [-0.1, -0.05) is 19.0 Å². The fraction of sp³-hybridized carbons (Fsp3) is 0.684. The maximum absolute atomic E-state index is 12.6. The molecule has 2 aromatic heterocycles. The highest BCUT2D eigenvalue weighted by molar-refractivity contribution is 5.88. The summed E-state index contributed by atoms with van der Waals surface area (Å²) < 4.78 is 5.25. The van der Waals surface area contributed by atoms with Gasteiger partial charge in [0.25, 0.3) is 5.71 Å². The van der Waals surface area contributed by atoms with Crippen LogP contribution in [0.15, 0.2) is 10.9 Å². The first kappa shape index (κ1) is 19.5. The maximum Gasteiger partial charge on any atom is 0.263 e. The number of nitrogens with one attached hydrogen (secondary N) is 1. The third-order valence-electron chi connectivity index (χ3n) is 5.36. The lowest BCUT2D eigenvalue weighted by Crippen LogP contribution is -2.44. The summed E-state index contributed by atoms with van der Waals surface area (Å²) in [6.45, 7) is 11.6. The number of carbonyl (C=O) groups is 1. The number of anilines is 1. The molecule has 1 amide bonds. The van der Waals surface area contributed by atoms with Gasteiger partial charge in [-0.3, -0.25) is 4.79 Å². The van der Waals surface area contributed by atoms with Crippen LogP contribution in [0.4, 0.5) is 5.82 Å². The predicted molar refractivity (Wildman–Crippen MR) is 105 cm³/mol. The Labute approximate surface area is 160 Å². The number of fused-ring (bicyclic) bond motifs is 1. The van der Waals surface area contributed by atoms with Gasteiger partial charge in [-0.2, -0.15) is 4.98 Å². The van der Waals surface area contributed by atoms with Gasteiger partial charge in [0.15, 0.2) is 0 Å². The molecule has 0 saturated carbocycles. The van der Waals surface area contributed by atoms with Crippen LogP contribution in [0.2, 0.25) is 0 Å². The van der Waals surface area contributed by atoms with Gasteiger partial charge < -0.3 is 19.6 Å². The molecule has 148 valence electrons. The Bertz CT molecular complexity index is 758. The molecule has 2 aromatic rings. The van der Waals surface area contributed by atoms with E-state index in [0.717, 1.165) is 68.9 Å². The number of nitrogens with zero attached hydrogens (tertiary/aromatic N) is 5. The molecule has 0 aromatic carbocycles. The van der Waals surface area contributed by atoms with E-state index in [-0.39, 0.29) is 11.8 Å². The van der Waals surface area contributed by atoms with Crippen molar-refractivity contribution in [3.05, 3.63) is 12.0 Å². The fourth-order valence-electron chi connectivity index (χ4n) is 3.73. The number of amides is 1. The number of hydrogen-bond donors (Lipinski definition) is 1. The van der Waals surface area contributed by atoms with Crippen molar-refractivity contribution in [3.8, 4) is 0 Å². The molecular formula is C19H30N6O2. The second-order valence-corrected chi connectivity index (χ2v) is 7.10. The van der Waals surface area contributed by atoms with Gasteiger partial charge in [-0.05, 0) is 45.8 Å². The van der Waals surface area contributed by atoms with Crippen LogP contribution in [0, 0.1) is 12.8 Å². The highest BCUT2D eigenvalue weighted by Gasteiger charge is 2.28. The molecule has 1 aliphatic heterocycles. The number of carbonyl (C=O) groups excluding carboxylic acids is 1. The van der Waals surface area contributed by atoms with Crippen molar-refractivity contribution in [2.24, 2.45) is 5.92 Å². The van der Waals surface area contributed by atoms with E-state index in [1.807, 2.05) is 6.92 Å². The van der Waals surface area contributed by atoms with E-state index >= 15 is 0 Å². The Balaban J connectivity index is 1.57. The molecule has 3 rings (SSSR count). The quantitative estimate of drug-likeness (QED) is 0.707. The molecule has 1 saturated heterocycles. The molecule has 0 aliphatic carbocycles. The molecule has 1 N–H and O–H groups in total. The summed E-state index contributed by atoms with van der Waals surface area (Å²) >= 11 is 0. The molecular weight excluding hydrogens is 344 g/mol. The van der Waals surface area contributed by atoms with E-state index in [1.165, 1.54) is 6.33 Å². The van der Waals surface area contributed by atoms with Crippen molar-refractivity contribution in [3.63, 3.8) is 0 Å².